The second-order valence-electron chi connectivity index (χ2n) is 6.64. The van der Waals surface area contributed by atoms with Gasteiger partial charge in [-0.25, -0.2) is 0 Å². The summed E-state index contributed by atoms with van der Waals surface area (Å²) in [5.41, 5.74) is 1.74. The molecular formula is C19H22N2O3. The van der Waals surface area contributed by atoms with Crippen LogP contribution in [0, 0.1) is 0 Å². The molecule has 2 fully saturated rings. The van der Waals surface area contributed by atoms with E-state index in [1.54, 1.807) is 18.5 Å². The number of furan rings is 1. The lowest BCUT2D eigenvalue weighted by Crippen LogP contribution is -2.37. The molecular weight excluding hydrogens is 304 g/mol. The van der Waals surface area contributed by atoms with Crippen LogP contribution < -0.4 is 0 Å². The fourth-order valence-electron chi connectivity index (χ4n) is 3.21. The van der Waals surface area contributed by atoms with Gasteiger partial charge in [0, 0.05) is 36.5 Å². The van der Waals surface area contributed by atoms with Crippen LogP contribution in [0.15, 0.2) is 41.1 Å². The number of amides is 1. The highest BCUT2D eigenvalue weighted by molar-refractivity contribution is 5.94. The topological polar surface area (TPSA) is 55.6 Å². The van der Waals surface area contributed by atoms with Crippen molar-refractivity contribution in [3.05, 3.63) is 53.7 Å². The van der Waals surface area contributed by atoms with Gasteiger partial charge in [0.1, 0.15) is 5.76 Å². The molecule has 2 aromatic heterocycles. The smallest absolute Gasteiger partial charge is 0.254 e. The van der Waals surface area contributed by atoms with Crippen LogP contribution in [0.3, 0.4) is 0 Å². The SMILES string of the molecule is O=C(c1ccnc(C2CC2)c1)N(Cc1ccco1)C[C@H]1CCCO1. The first-order valence-corrected chi connectivity index (χ1v) is 8.69. The molecule has 1 amide bonds. The zero-order valence-corrected chi connectivity index (χ0v) is 13.7. The zero-order chi connectivity index (χ0) is 16.4. The van der Waals surface area contributed by atoms with Crippen molar-refractivity contribution in [3.63, 3.8) is 0 Å². The molecule has 1 atom stereocenters. The van der Waals surface area contributed by atoms with Gasteiger partial charge in [0.2, 0.25) is 0 Å². The number of hydrogen-bond donors (Lipinski definition) is 0. The number of aromatic nitrogens is 1. The molecule has 5 heteroatoms. The Morgan fingerprint density at radius 2 is 2.21 bits per heavy atom. The Labute approximate surface area is 141 Å². The molecule has 2 aliphatic rings. The lowest BCUT2D eigenvalue weighted by atomic mass is 10.1. The van der Waals surface area contributed by atoms with Crippen LogP contribution in [-0.4, -0.2) is 35.0 Å². The first kappa shape index (κ1) is 15.4. The van der Waals surface area contributed by atoms with Crippen molar-refractivity contribution in [1.29, 1.82) is 0 Å². The van der Waals surface area contributed by atoms with Gasteiger partial charge in [-0.05, 0) is 49.9 Å². The fourth-order valence-corrected chi connectivity index (χ4v) is 3.21. The minimum absolute atomic E-state index is 0.0196. The van der Waals surface area contributed by atoms with E-state index in [1.165, 1.54) is 12.8 Å². The predicted octanol–water partition coefficient (Wildman–Crippen LogP) is 3.37. The summed E-state index contributed by atoms with van der Waals surface area (Å²) >= 11 is 0. The maximum atomic E-state index is 13.1. The van der Waals surface area contributed by atoms with Crippen LogP contribution in [0.25, 0.3) is 0 Å². The van der Waals surface area contributed by atoms with Crippen molar-refractivity contribution < 1.29 is 13.9 Å². The second kappa shape index (κ2) is 6.77. The fraction of sp³-hybridized carbons (Fsp3) is 0.474. The zero-order valence-electron chi connectivity index (χ0n) is 13.7. The molecule has 1 aliphatic carbocycles. The molecule has 5 nitrogen and oxygen atoms in total. The molecule has 0 unspecified atom stereocenters. The van der Waals surface area contributed by atoms with E-state index in [4.69, 9.17) is 9.15 Å². The lowest BCUT2D eigenvalue weighted by molar-refractivity contribution is 0.0491. The molecule has 24 heavy (non-hydrogen) atoms. The summed E-state index contributed by atoms with van der Waals surface area (Å²) in [6.45, 7) is 1.85. The number of hydrogen-bond acceptors (Lipinski definition) is 4. The summed E-state index contributed by atoms with van der Waals surface area (Å²) in [6.07, 6.45) is 7.93. The molecule has 1 aliphatic heterocycles. The number of nitrogens with zero attached hydrogens (tertiary/aromatic N) is 2. The summed E-state index contributed by atoms with van der Waals surface area (Å²) in [6, 6.07) is 7.50. The highest BCUT2D eigenvalue weighted by atomic mass is 16.5. The Morgan fingerprint density at radius 1 is 1.29 bits per heavy atom. The highest BCUT2D eigenvalue weighted by Crippen LogP contribution is 2.39. The van der Waals surface area contributed by atoms with Crippen molar-refractivity contribution in [2.75, 3.05) is 13.2 Å². The molecule has 0 aromatic carbocycles. The first-order valence-electron chi connectivity index (χ1n) is 8.69. The van der Waals surface area contributed by atoms with E-state index in [0.717, 1.165) is 30.9 Å². The van der Waals surface area contributed by atoms with Crippen LogP contribution >= 0.6 is 0 Å². The standard InChI is InChI=1S/C19H22N2O3/c22-19(15-7-8-20-18(11-15)14-5-6-14)21(12-16-3-1-9-23-16)13-17-4-2-10-24-17/h1,3,7-9,11,14,17H,2,4-6,10,12-13H2/t17-/m1/s1. The molecule has 1 saturated heterocycles. The highest BCUT2D eigenvalue weighted by Gasteiger charge is 2.28. The van der Waals surface area contributed by atoms with Gasteiger partial charge in [-0.15, -0.1) is 0 Å². The Morgan fingerprint density at radius 3 is 2.92 bits per heavy atom. The molecule has 2 aromatic rings. The third-order valence-electron chi connectivity index (χ3n) is 4.69. The average Bonchev–Trinajstić information content (AvgIpc) is 3.10. The van der Waals surface area contributed by atoms with Gasteiger partial charge in [0.05, 0.1) is 18.9 Å². The van der Waals surface area contributed by atoms with Crippen LogP contribution in [0.5, 0.6) is 0 Å². The van der Waals surface area contributed by atoms with E-state index in [0.29, 0.717) is 24.6 Å². The number of rotatable bonds is 6. The lowest BCUT2D eigenvalue weighted by Gasteiger charge is -2.25. The van der Waals surface area contributed by atoms with E-state index in [9.17, 15) is 4.79 Å². The number of pyridine rings is 1. The molecule has 0 radical (unpaired) electrons. The van der Waals surface area contributed by atoms with Gasteiger partial charge in [0.25, 0.3) is 5.91 Å². The summed E-state index contributed by atoms with van der Waals surface area (Å²) < 4.78 is 11.2. The number of carbonyl (C=O) groups is 1. The van der Waals surface area contributed by atoms with Crippen molar-refractivity contribution in [2.45, 2.75) is 44.2 Å². The predicted molar refractivity (Wildman–Crippen MR) is 88.6 cm³/mol. The summed E-state index contributed by atoms with van der Waals surface area (Å²) in [7, 11) is 0. The molecule has 126 valence electrons. The molecule has 0 N–H and O–H groups in total. The quantitative estimate of drug-likeness (QED) is 0.816. The maximum absolute atomic E-state index is 13.1. The van der Waals surface area contributed by atoms with E-state index in [-0.39, 0.29) is 12.0 Å². The van der Waals surface area contributed by atoms with Crippen molar-refractivity contribution in [1.82, 2.24) is 9.88 Å². The van der Waals surface area contributed by atoms with E-state index in [2.05, 4.69) is 4.98 Å². The molecule has 1 saturated carbocycles. The molecule has 4 rings (SSSR count). The largest absolute Gasteiger partial charge is 0.467 e. The summed E-state index contributed by atoms with van der Waals surface area (Å²) in [5, 5.41) is 0. The van der Waals surface area contributed by atoms with Crippen LogP contribution in [-0.2, 0) is 11.3 Å². The van der Waals surface area contributed by atoms with Gasteiger partial charge < -0.3 is 14.1 Å². The summed E-state index contributed by atoms with van der Waals surface area (Å²) in [5.74, 6) is 1.35. The first-order chi connectivity index (χ1) is 11.8. The van der Waals surface area contributed by atoms with Crippen molar-refractivity contribution in [2.24, 2.45) is 0 Å². The van der Waals surface area contributed by atoms with Gasteiger partial charge in [0.15, 0.2) is 0 Å². The van der Waals surface area contributed by atoms with Gasteiger partial charge in [-0.1, -0.05) is 0 Å². The molecule has 3 heterocycles. The third kappa shape index (κ3) is 3.51. The van der Waals surface area contributed by atoms with Gasteiger partial charge in [-0.3, -0.25) is 9.78 Å². The monoisotopic (exact) mass is 326 g/mol. The third-order valence-corrected chi connectivity index (χ3v) is 4.69. The van der Waals surface area contributed by atoms with Gasteiger partial charge >= 0.3 is 0 Å². The second-order valence-corrected chi connectivity index (χ2v) is 6.64. The summed E-state index contributed by atoms with van der Waals surface area (Å²) in [4.78, 5) is 19.3. The van der Waals surface area contributed by atoms with E-state index < -0.39 is 0 Å². The van der Waals surface area contributed by atoms with Crippen molar-refractivity contribution >= 4 is 5.91 Å². The Kier molecular flexibility index (Phi) is 4.34. The number of carbonyl (C=O) groups excluding carboxylic acids is 1. The number of ether oxygens (including phenoxy) is 1. The van der Waals surface area contributed by atoms with Gasteiger partial charge in [-0.2, -0.15) is 0 Å². The van der Waals surface area contributed by atoms with Crippen LogP contribution in [0.1, 0.15) is 53.4 Å². The van der Waals surface area contributed by atoms with E-state index >= 15 is 0 Å². The maximum Gasteiger partial charge on any atom is 0.254 e. The molecule has 0 bridgehead atoms. The average molecular weight is 326 g/mol. The Balaban J connectivity index is 1.53. The Bertz CT molecular complexity index is 688. The molecule has 0 spiro atoms. The Hall–Kier alpha value is -2.14. The van der Waals surface area contributed by atoms with E-state index in [1.807, 2.05) is 23.1 Å². The normalized spacial score (nSPS) is 20.2. The van der Waals surface area contributed by atoms with Crippen molar-refractivity contribution in [3.8, 4) is 0 Å². The minimum atomic E-state index is 0.0196. The van der Waals surface area contributed by atoms with Crippen LogP contribution in [0.2, 0.25) is 0 Å². The van der Waals surface area contributed by atoms with Crippen LogP contribution in [0.4, 0.5) is 0 Å². The minimum Gasteiger partial charge on any atom is -0.467 e.